The molecule has 4 aromatic rings. The minimum atomic E-state index is -4.26. The van der Waals surface area contributed by atoms with Crippen molar-refractivity contribution in [1.82, 2.24) is 10.2 Å². The molecule has 248 valence electrons. The average Bonchev–Trinajstić information content (AvgIpc) is 3.06. The number of para-hydroxylation sites is 2. The number of amides is 2. The van der Waals surface area contributed by atoms with E-state index >= 15 is 0 Å². The zero-order chi connectivity index (χ0) is 34.0. The predicted molar refractivity (Wildman–Crippen MR) is 184 cm³/mol. The summed E-state index contributed by atoms with van der Waals surface area (Å²) in [6, 6.07) is 28.7. The number of hydrogen-bond acceptors (Lipinski definition) is 6. The number of rotatable bonds is 15. The molecule has 0 aromatic heterocycles. The van der Waals surface area contributed by atoms with Crippen molar-refractivity contribution in [2.45, 2.75) is 57.6 Å². The van der Waals surface area contributed by atoms with Crippen LogP contribution in [0.3, 0.4) is 0 Å². The molecule has 0 aliphatic heterocycles. The Bertz CT molecular complexity index is 1740. The van der Waals surface area contributed by atoms with Crippen molar-refractivity contribution in [1.29, 1.82) is 0 Å². The molecular formula is C37H43N3O6S. The van der Waals surface area contributed by atoms with Crippen molar-refractivity contribution in [2.75, 3.05) is 24.6 Å². The zero-order valence-corrected chi connectivity index (χ0v) is 28.4. The normalized spacial score (nSPS) is 11.9. The number of hydrogen-bond donors (Lipinski definition) is 1. The first-order valence-electron chi connectivity index (χ1n) is 15.6. The van der Waals surface area contributed by atoms with Gasteiger partial charge in [-0.2, -0.15) is 0 Å². The highest BCUT2D eigenvalue weighted by Crippen LogP contribution is 2.33. The van der Waals surface area contributed by atoms with Gasteiger partial charge in [-0.15, -0.1) is 0 Å². The smallest absolute Gasteiger partial charge is 0.264 e. The molecule has 0 fully saturated rings. The topological polar surface area (TPSA) is 105 Å². The lowest BCUT2D eigenvalue weighted by Gasteiger charge is -2.34. The molecule has 0 saturated carbocycles. The van der Waals surface area contributed by atoms with Crippen LogP contribution in [0.5, 0.6) is 11.5 Å². The van der Waals surface area contributed by atoms with Crippen LogP contribution in [-0.4, -0.2) is 57.5 Å². The van der Waals surface area contributed by atoms with Crippen LogP contribution in [0.1, 0.15) is 37.5 Å². The van der Waals surface area contributed by atoms with E-state index in [0.717, 1.165) is 21.0 Å². The highest BCUT2D eigenvalue weighted by atomic mass is 32.2. The summed E-state index contributed by atoms with van der Waals surface area (Å²) in [5, 5.41) is 2.97. The maximum atomic E-state index is 14.7. The molecule has 0 saturated heterocycles. The monoisotopic (exact) mass is 657 g/mol. The standard InChI is InChI=1S/C37H43N3O6S/c1-6-46-35-18-11-10-17-33(35)40(47(43,44)32-21-19-28(4)20-22-32)26-36(41)39(25-30-15-12-16-31(23-30)45-5)34(37(42)38-27(2)3)24-29-13-8-7-9-14-29/h7-23,27,34H,6,24-26H2,1-5H3,(H,38,42)/t34-/m1/s1. The van der Waals surface area contributed by atoms with Gasteiger partial charge in [-0.3, -0.25) is 13.9 Å². The number of methoxy groups -OCH3 is 1. The fourth-order valence-electron chi connectivity index (χ4n) is 5.19. The Morgan fingerprint density at radius 3 is 2.17 bits per heavy atom. The van der Waals surface area contributed by atoms with E-state index in [-0.39, 0.29) is 35.5 Å². The van der Waals surface area contributed by atoms with Gasteiger partial charge in [0.05, 0.1) is 24.3 Å². The van der Waals surface area contributed by atoms with Gasteiger partial charge in [-0.1, -0.05) is 72.3 Å². The SMILES string of the molecule is CCOc1ccccc1N(CC(=O)N(Cc1cccc(OC)c1)[C@H](Cc1ccccc1)C(=O)NC(C)C)S(=O)(=O)c1ccc(C)cc1. The summed E-state index contributed by atoms with van der Waals surface area (Å²) in [5.41, 5.74) is 2.68. The lowest BCUT2D eigenvalue weighted by atomic mass is 10.0. The number of anilines is 1. The third-order valence-corrected chi connectivity index (χ3v) is 9.28. The van der Waals surface area contributed by atoms with E-state index in [1.807, 2.05) is 63.2 Å². The molecule has 0 aliphatic carbocycles. The molecule has 10 heteroatoms. The Labute approximate surface area is 278 Å². The van der Waals surface area contributed by atoms with Crippen LogP contribution in [0.2, 0.25) is 0 Å². The van der Waals surface area contributed by atoms with Crippen molar-refractivity contribution in [2.24, 2.45) is 0 Å². The van der Waals surface area contributed by atoms with Crippen LogP contribution in [0.15, 0.2) is 108 Å². The number of sulfonamides is 1. The predicted octanol–water partition coefficient (Wildman–Crippen LogP) is 5.76. The molecule has 0 spiro atoms. The van der Waals surface area contributed by atoms with E-state index in [0.29, 0.717) is 18.1 Å². The summed E-state index contributed by atoms with van der Waals surface area (Å²) in [5.74, 6) is 0.00368. The number of nitrogens with one attached hydrogen (secondary N) is 1. The summed E-state index contributed by atoms with van der Waals surface area (Å²) >= 11 is 0. The van der Waals surface area contributed by atoms with E-state index in [2.05, 4.69) is 5.32 Å². The maximum Gasteiger partial charge on any atom is 0.264 e. The molecule has 47 heavy (non-hydrogen) atoms. The quantitative estimate of drug-likeness (QED) is 0.174. The molecule has 0 heterocycles. The second-order valence-corrected chi connectivity index (χ2v) is 13.3. The van der Waals surface area contributed by atoms with Crippen LogP contribution in [0.25, 0.3) is 0 Å². The van der Waals surface area contributed by atoms with Gasteiger partial charge in [0.1, 0.15) is 24.1 Å². The summed E-state index contributed by atoms with van der Waals surface area (Å²) < 4.78 is 41.0. The van der Waals surface area contributed by atoms with Gasteiger partial charge in [-0.05, 0) is 75.2 Å². The number of aryl methyl sites for hydroxylation is 1. The van der Waals surface area contributed by atoms with Crippen LogP contribution in [0.4, 0.5) is 5.69 Å². The van der Waals surface area contributed by atoms with E-state index in [9.17, 15) is 18.0 Å². The van der Waals surface area contributed by atoms with Gasteiger partial charge in [0.2, 0.25) is 11.8 Å². The molecule has 0 unspecified atom stereocenters. The minimum absolute atomic E-state index is 0.0277. The third-order valence-electron chi connectivity index (χ3n) is 7.51. The zero-order valence-electron chi connectivity index (χ0n) is 27.6. The van der Waals surface area contributed by atoms with Crippen LogP contribution >= 0.6 is 0 Å². The molecule has 1 N–H and O–H groups in total. The fraction of sp³-hybridized carbons (Fsp3) is 0.297. The average molecular weight is 658 g/mol. The molecule has 4 aromatic carbocycles. The number of benzene rings is 4. The number of nitrogens with zero attached hydrogens (tertiary/aromatic N) is 2. The van der Waals surface area contributed by atoms with Crippen LogP contribution in [-0.2, 0) is 32.6 Å². The number of carbonyl (C=O) groups excluding carboxylic acids is 2. The first-order chi connectivity index (χ1) is 22.5. The maximum absolute atomic E-state index is 14.7. The molecule has 0 aliphatic rings. The van der Waals surface area contributed by atoms with Gasteiger partial charge in [-0.25, -0.2) is 8.42 Å². The fourth-order valence-corrected chi connectivity index (χ4v) is 6.62. The van der Waals surface area contributed by atoms with Gasteiger partial charge in [0.15, 0.2) is 0 Å². The Hall–Kier alpha value is -4.83. The molecule has 4 rings (SSSR count). The summed E-state index contributed by atoms with van der Waals surface area (Å²) in [7, 11) is -2.71. The summed E-state index contributed by atoms with van der Waals surface area (Å²) in [6.07, 6.45) is 0.218. The highest BCUT2D eigenvalue weighted by Gasteiger charge is 2.35. The van der Waals surface area contributed by atoms with Crippen LogP contribution in [0, 0.1) is 6.92 Å². The molecule has 9 nitrogen and oxygen atoms in total. The van der Waals surface area contributed by atoms with Gasteiger partial charge in [0.25, 0.3) is 10.0 Å². The molecule has 1 atom stereocenters. The number of carbonyl (C=O) groups is 2. The van der Waals surface area contributed by atoms with E-state index in [4.69, 9.17) is 9.47 Å². The highest BCUT2D eigenvalue weighted by molar-refractivity contribution is 7.92. The van der Waals surface area contributed by atoms with Crippen molar-refractivity contribution in [3.8, 4) is 11.5 Å². The van der Waals surface area contributed by atoms with Crippen molar-refractivity contribution in [3.05, 3.63) is 120 Å². The first kappa shape index (κ1) is 35.0. The molecule has 2 amide bonds. The van der Waals surface area contributed by atoms with E-state index in [1.165, 1.54) is 17.0 Å². The Morgan fingerprint density at radius 1 is 0.851 bits per heavy atom. The molecular weight excluding hydrogens is 614 g/mol. The van der Waals surface area contributed by atoms with Gasteiger partial charge < -0.3 is 19.7 Å². The second kappa shape index (κ2) is 16.1. The first-order valence-corrected chi connectivity index (χ1v) is 17.1. The van der Waals surface area contributed by atoms with Crippen molar-refractivity contribution >= 4 is 27.5 Å². The second-order valence-electron chi connectivity index (χ2n) is 11.5. The van der Waals surface area contributed by atoms with Crippen LogP contribution < -0.4 is 19.1 Å². The Morgan fingerprint density at radius 2 is 1.51 bits per heavy atom. The lowest BCUT2D eigenvalue weighted by molar-refractivity contribution is -0.140. The lowest BCUT2D eigenvalue weighted by Crippen LogP contribution is -2.54. The van der Waals surface area contributed by atoms with Crippen molar-refractivity contribution in [3.63, 3.8) is 0 Å². The van der Waals surface area contributed by atoms with E-state index in [1.54, 1.807) is 62.6 Å². The summed E-state index contributed by atoms with van der Waals surface area (Å²) in [6.45, 7) is 7.12. The van der Waals surface area contributed by atoms with Crippen molar-refractivity contribution < 1.29 is 27.5 Å². The summed E-state index contributed by atoms with van der Waals surface area (Å²) in [4.78, 5) is 30.0. The Kier molecular flexibility index (Phi) is 12.0. The number of ether oxygens (including phenoxy) is 2. The van der Waals surface area contributed by atoms with E-state index < -0.39 is 28.5 Å². The Balaban J connectivity index is 1.85. The third kappa shape index (κ3) is 9.13. The van der Waals surface area contributed by atoms with Gasteiger partial charge in [0, 0.05) is 19.0 Å². The minimum Gasteiger partial charge on any atom is -0.497 e. The van der Waals surface area contributed by atoms with Gasteiger partial charge >= 0.3 is 0 Å². The molecule has 0 radical (unpaired) electrons. The molecule has 0 bridgehead atoms. The largest absolute Gasteiger partial charge is 0.497 e.